The first kappa shape index (κ1) is 21.9. The van der Waals surface area contributed by atoms with Gasteiger partial charge in [0.15, 0.2) is 0 Å². The number of rotatable bonds is 5. The quantitative estimate of drug-likeness (QED) is 0.467. The molecule has 0 saturated carbocycles. The second-order valence-corrected chi connectivity index (χ2v) is 7.43. The Kier molecular flexibility index (Phi) is 5.99. The van der Waals surface area contributed by atoms with Gasteiger partial charge in [0, 0.05) is 5.69 Å². The lowest BCUT2D eigenvalue weighted by Gasteiger charge is -2.16. The van der Waals surface area contributed by atoms with Crippen LogP contribution in [-0.4, -0.2) is 29.8 Å². The number of nitrogens with zero attached hydrogens (tertiary/aromatic N) is 2. The summed E-state index contributed by atoms with van der Waals surface area (Å²) in [6, 6.07) is 17.4. The van der Waals surface area contributed by atoms with E-state index in [1.807, 2.05) is 31.2 Å². The molecular weight excluding hydrogens is 420 g/mol. The SMILES string of the molecule is COc1cccc(OC)c1NC(=O)Nc1ccc(-n2c(C)nc3ccccc3c2=O)cc1C. The van der Waals surface area contributed by atoms with E-state index in [2.05, 4.69) is 15.6 Å². The Morgan fingerprint density at radius 1 is 0.909 bits per heavy atom. The van der Waals surface area contributed by atoms with E-state index < -0.39 is 6.03 Å². The summed E-state index contributed by atoms with van der Waals surface area (Å²) in [5, 5.41) is 6.16. The zero-order valence-electron chi connectivity index (χ0n) is 18.8. The summed E-state index contributed by atoms with van der Waals surface area (Å²) in [5.74, 6) is 1.55. The summed E-state index contributed by atoms with van der Waals surface area (Å²) in [4.78, 5) is 30.3. The van der Waals surface area contributed by atoms with Crippen molar-refractivity contribution in [2.75, 3.05) is 24.9 Å². The second kappa shape index (κ2) is 9.04. The maximum Gasteiger partial charge on any atom is 0.323 e. The predicted molar refractivity (Wildman–Crippen MR) is 129 cm³/mol. The van der Waals surface area contributed by atoms with Crippen LogP contribution in [0.2, 0.25) is 0 Å². The number of aromatic nitrogens is 2. The third kappa shape index (κ3) is 4.23. The smallest absolute Gasteiger partial charge is 0.323 e. The number of nitrogens with one attached hydrogen (secondary N) is 2. The maximum atomic E-state index is 13.1. The van der Waals surface area contributed by atoms with Crippen LogP contribution in [0, 0.1) is 13.8 Å². The Morgan fingerprint density at radius 2 is 1.61 bits per heavy atom. The highest BCUT2D eigenvalue weighted by Crippen LogP contribution is 2.34. The summed E-state index contributed by atoms with van der Waals surface area (Å²) in [6.07, 6.45) is 0. The molecule has 0 atom stereocenters. The second-order valence-electron chi connectivity index (χ2n) is 7.43. The molecular formula is C25H24N4O4. The number of carbonyl (C=O) groups excluding carboxylic acids is 1. The number of benzene rings is 3. The Labute approximate surface area is 190 Å². The van der Waals surface area contributed by atoms with Crippen LogP contribution in [0.25, 0.3) is 16.6 Å². The van der Waals surface area contributed by atoms with Crippen LogP contribution in [0.5, 0.6) is 11.5 Å². The number of para-hydroxylation sites is 2. The summed E-state index contributed by atoms with van der Waals surface area (Å²) in [7, 11) is 3.04. The number of carbonyl (C=O) groups is 1. The number of hydrogen-bond acceptors (Lipinski definition) is 5. The molecule has 0 saturated heterocycles. The summed E-state index contributed by atoms with van der Waals surface area (Å²) in [6.45, 7) is 3.65. The van der Waals surface area contributed by atoms with E-state index in [0.29, 0.717) is 45.3 Å². The lowest BCUT2D eigenvalue weighted by molar-refractivity contribution is 0.262. The van der Waals surface area contributed by atoms with Gasteiger partial charge in [0.1, 0.15) is 23.0 Å². The van der Waals surface area contributed by atoms with Gasteiger partial charge >= 0.3 is 6.03 Å². The molecule has 8 nitrogen and oxygen atoms in total. The van der Waals surface area contributed by atoms with E-state index >= 15 is 0 Å². The van der Waals surface area contributed by atoms with Crippen molar-refractivity contribution in [1.82, 2.24) is 9.55 Å². The number of amides is 2. The molecule has 1 heterocycles. The monoisotopic (exact) mass is 444 g/mol. The minimum Gasteiger partial charge on any atom is -0.494 e. The van der Waals surface area contributed by atoms with Gasteiger partial charge in [0.2, 0.25) is 0 Å². The molecule has 4 aromatic rings. The first-order chi connectivity index (χ1) is 15.9. The third-order valence-corrected chi connectivity index (χ3v) is 5.33. The van der Waals surface area contributed by atoms with Gasteiger partial charge in [-0.25, -0.2) is 9.78 Å². The van der Waals surface area contributed by atoms with Crippen molar-refractivity contribution < 1.29 is 14.3 Å². The molecule has 0 fully saturated rings. The van der Waals surface area contributed by atoms with Crippen molar-refractivity contribution in [3.8, 4) is 17.2 Å². The van der Waals surface area contributed by atoms with Crippen molar-refractivity contribution >= 4 is 28.3 Å². The van der Waals surface area contributed by atoms with Gasteiger partial charge in [-0.15, -0.1) is 0 Å². The molecule has 0 aliphatic heterocycles. The number of fused-ring (bicyclic) bond motifs is 1. The number of aryl methyl sites for hydroxylation is 2. The van der Waals surface area contributed by atoms with E-state index in [1.165, 1.54) is 14.2 Å². The van der Waals surface area contributed by atoms with Gasteiger partial charge in [-0.3, -0.25) is 9.36 Å². The molecule has 1 aromatic heterocycles. The van der Waals surface area contributed by atoms with Crippen LogP contribution < -0.4 is 25.7 Å². The van der Waals surface area contributed by atoms with E-state index in [9.17, 15) is 9.59 Å². The summed E-state index contributed by atoms with van der Waals surface area (Å²) in [5.41, 5.74) is 3.01. The van der Waals surface area contributed by atoms with Gasteiger partial charge < -0.3 is 20.1 Å². The van der Waals surface area contributed by atoms with Crippen LogP contribution in [0.1, 0.15) is 11.4 Å². The van der Waals surface area contributed by atoms with Gasteiger partial charge in [-0.2, -0.15) is 0 Å². The van der Waals surface area contributed by atoms with Crippen molar-refractivity contribution in [2.24, 2.45) is 0 Å². The molecule has 0 unspecified atom stereocenters. The molecule has 168 valence electrons. The van der Waals surface area contributed by atoms with Gasteiger partial charge in [0.25, 0.3) is 5.56 Å². The van der Waals surface area contributed by atoms with Gasteiger partial charge in [-0.1, -0.05) is 18.2 Å². The molecule has 0 radical (unpaired) electrons. The van der Waals surface area contributed by atoms with Crippen LogP contribution >= 0.6 is 0 Å². The van der Waals surface area contributed by atoms with Crippen molar-refractivity contribution in [3.05, 3.63) is 82.4 Å². The standard InChI is InChI=1S/C25H24N4O4/c1-15-14-17(29-16(2)26-20-9-6-5-8-18(20)24(29)30)12-13-19(15)27-25(31)28-23-21(32-3)10-7-11-22(23)33-4/h5-14H,1-4H3,(H2,27,28,31). The normalized spacial score (nSPS) is 10.7. The van der Waals surface area contributed by atoms with Crippen LogP contribution in [0.4, 0.5) is 16.2 Å². The number of ether oxygens (including phenoxy) is 2. The topological polar surface area (TPSA) is 94.5 Å². The Balaban J connectivity index is 1.62. The van der Waals surface area contributed by atoms with Crippen molar-refractivity contribution in [1.29, 1.82) is 0 Å². The largest absolute Gasteiger partial charge is 0.494 e. The average molecular weight is 444 g/mol. The zero-order valence-corrected chi connectivity index (χ0v) is 18.8. The fourth-order valence-corrected chi connectivity index (χ4v) is 3.72. The highest BCUT2D eigenvalue weighted by Gasteiger charge is 2.15. The Bertz CT molecular complexity index is 1390. The number of anilines is 2. The molecule has 4 rings (SSSR count). The molecule has 0 bridgehead atoms. The molecule has 8 heteroatoms. The van der Waals surface area contributed by atoms with E-state index in [-0.39, 0.29) is 5.56 Å². The van der Waals surface area contributed by atoms with Gasteiger partial charge in [0.05, 0.1) is 30.8 Å². The number of urea groups is 1. The Morgan fingerprint density at radius 3 is 2.27 bits per heavy atom. The highest BCUT2D eigenvalue weighted by molar-refractivity contribution is 6.02. The first-order valence-corrected chi connectivity index (χ1v) is 10.3. The zero-order chi connectivity index (χ0) is 23.5. The van der Waals surface area contributed by atoms with Crippen molar-refractivity contribution in [2.45, 2.75) is 13.8 Å². The molecule has 0 aliphatic carbocycles. The minimum atomic E-state index is -0.450. The van der Waals surface area contributed by atoms with Crippen LogP contribution in [0.3, 0.4) is 0 Å². The fourth-order valence-electron chi connectivity index (χ4n) is 3.72. The first-order valence-electron chi connectivity index (χ1n) is 10.3. The number of methoxy groups -OCH3 is 2. The van der Waals surface area contributed by atoms with Crippen LogP contribution in [0.15, 0.2) is 65.5 Å². The van der Waals surface area contributed by atoms with Gasteiger partial charge in [-0.05, 0) is 61.9 Å². The lowest BCUT2D eigenvalue weighted by Crippen LogP contribution is -2.23. The summed E-state index contributed by atoms with van der Waals surface area (Å²) < 4.78 is 12.2. The predicted octanol–water partition coefficient (Wildman–Crippen LogP) is 4.66. The molecule has 33 heavy (non-hydrogen) atoms. The maximum absolute atomic E-state index is 13.1. The molecule has 3 aromatic carbocycles. The molecule has 0 spiro atoms. The minimum absolute atomic E-state index is 0.140. The Hall–Kier alpha value is -4.33. The van der Waals surface area contributed by atoms with E-state index in [1.54, 1.807) is 47.9 Å². The summed E-state index contributed by atoms with van der Waals surface area (Å²) >= 11 is 0. The highest BCUT2D eigenvalue weighted by atomic mass is 16.5. The molecule has 2 amide bonds. The van der Waals surface area contributed by atoms with Crippen LogP contribution in [-0.2, 0) is 0 Å². The van der Waals surface area contributed by atoms with Crippen molar-refractivity contribution in [3.63, 3.8) is 0 Å². The third-order valence-electron chi connectivity index (χ3n) is 5.33. The molecule has 2 N–H and O–H groups in total. The number of hydrogen-bond donors (Lipinski definition) is 2. The average Bonchev–Trinajstić information content (AvgIpc) is 2.81. The van der Waals surface area contributed by atoms with E-state index in [4.69, 9.17) is 9.47 Å². The lowest BCUT2D eigenvalue weighted by atomic mass is 10.1. The van der Waals surface area contributed by atoms with E-state index in [0.717, 1.165) is 5.56 Å². The molecule has 0 aliphatic rings. The fraction of sp³-hybridized carbons (Fsp3) is 0.160.